The van der Waals surface area contributed by atoms with Gasteiger partial charge in [0.1, 0.15) is 18.1 Å². The van der Waals surface area contributed by atoms with Crippen LogP contribution in [0.4, 0.5) is 0 Å². The van der Waals surface area contributed by atoms with Gasteiger partial charge in [-0.2, -0.15) is 0 Å². The fourth-order valence-corrected chi connectivity index (χ4v) is 0.804. The summed E-state index contributed by atoms with van der Waals surface area (Å²) in [6.45, 7) is 1.01. The van der Waals surface area contributed by atoms with E-state index in [1.807, 2.05) is 6.07 Å². The molecule has 2 N–H and O–H groups in total. The summed E-state index contributed by atoms with van der Waals surface area (Å²) in [4.78, 5) is 0. The fraction of sp³-hybridized carbons (Fsp3) is 0.333. The minimum atomic E-state index is 0.504. The molecule has 0 spiro atoms. The summed E-state index contributed by atoms with van der Waals surface area (Å²) >= 11 is 0. The zero-order valence-corrected chi connectivity index (χ0v) is 7.04. The Morgan fingerprint density at radius 2 is 2.42 bits per heavy atom. The van der Waals surface area contributed by atoms with Crippen molar-refractivity contribution in [2.24, 2.45) is 5.73 Å². The second-order valence-corrected chi connectivity index (χ2v) is 2.23. The van der Waals surface area contributed by atoms with Crippen molar-refractivity contribution in [3.8, 4) is 11.5 Å². The topological polar surface area (TPSA) is 44.5 Å². The number of ether oxygens (including phenoxy) is 2. The van der Waals surface area contributed by atoms with Crippen LogP contribution in [-0.4, -0.2) is 20.3 Å². The molecule has 0 aliphatic carbocycles. The molecule has 0 fully saturated rings. The molecule has 1 aromatic rings. The monoisotopic (exact) mass is 166 g/mol. The second-order valence-electron chi connectivity index (χ2n) is 2.23. The Morgan fingerprint density at radius 1 is 1.58 bits per heavy atom. The molecule has 0 aromatic heterocycles. The van der Waals surface area contributed by atoms with Crippen LogP contribution in [0.1, 0.15) is 0 Å². The van der Waals surface area contributed by atoms with Gasteiger partial charge in [0.2, 0.25) is 0 Å². The van der Waals surface area contributed by atoms with Crippen LogP contribution in [0.5, 0.6) is 11.5 Å². The van der Waals surface area contributed by atoms with Crippen molar-refractivity contribution < 1.29 is 9.47 Å². The van der Waals surface area contributed by atoms with Crippen molar-refractivity contribution in [2.75, 3.05) is 20.3 Å². The molecule has 3 nitrogen and oxygen atoms in total. The molecule has 0 saturated heterocycles. The van der Waals surface area contributed by atoms with Crippen LogP contribution in [0.25, 0.3) is 0 Å². The number of rotatable bonds is 4. The van der Waals surface area contributed by atoms with Crippen molar-refractivity contribution in [1.29, 1.82) is 0 Å². The largest absolute Gasteiger partial charge is 0.497 e. The van der Waals surface area contributed by atoms with Gasteiger partial charge >= 0.3 is 0 Å². The number of nitrogens with two attached hydrogens (primary N) is 1. The van der Waals surface area contributed by atoms with E-state index in [1.54, 1.807) is 19.2 Å². The van der Waals surface area contributed by atoms with Crippen LogP contribution < -0.4 is 15.2 Å². The van der Waals surface area contributed by atoms with E-state index in [0.29, 0.717) is 18.9 Å². The highest BCUT2D eigenvalue weighted by Crippen LogP contribution is 2.17. The maximum atomic E-state index is 5.28. The molecule has 1 aromatic carbocycles. The van der Waals surface area contributed by atoms with Gasteiger partial charge in [0.05, 0.1) is 7.11 Å². The van der Waals surface area contributed by atoms with E-state index in [-0.39, 0.29) is 0 Å². The van der Waals surface area contributed by atoms with Crippen molar-refractivity contribution in [3.05, 3.63) is 24.3 Å². The molecule has 0 bridgehead atoms. The highest BCUT2D eigenvalue weighted by atomic mass is 16.5. The van der Waals surface area contributed by atoms with Crippen LogP contribution in [-0.2, 0) is 0 Å². The summed E-state index contributed by atoms with van der Waals surface area (Å²) in [6, 6.07) is 8.26. The SMILES string of the molecule is COc1cc[c]c(OCCN)c1. The van der Waals surface area contributed by atoms with E-state index in [0.717, 1.165) is 5.75 Å². The first kappa shape index (κ1) is 8.87. The molecule has 0 unspecified atom stereocenters. The summed E-state index contributed by atoms with van der Waals surface area (Å²) in [5.74, 6) is 1.43. The van der Waals surface area contributed by atoms with E-state index in [2.05, 4.69) is 6.07 Å². The molecule has 0 saturated carbocycles. The number of hydrogen-bond acceptors (Lipinski definition) is 3. The molecule has 0 heterocycles. The molecule has 65 valence electrons. The summed E-state index contributed by atoms with van der Waals surface area (Å²) < 4.78 is 10.2. The lowest BCUT2D eigenvalue weighted by atomic mass is 10.3. The maximum absolute atomic E-state index is 5.28. The highest BCUT2D eigenvalue weighted by Gasteiger charge is 1.95. The van der Waals surface area contributed by atoms with Gasteiger partial charge in [-0.1, -0.05) is 0 Å². The van der Waals surface area contributed by atoms with Crippen LogP contribution in [0.2, 0.25) is 0 Å². The third-order valence-electron chi connectivity index (χ3n) is 1.36. The van der Waals surface area contributed by atoms with E-state index in [1.165, 1.54) is 0 Å². The lowest BCUT2D eigenvalue weighted by molar-refractivity contribution is 0.324. The molecular formula is C9H12NO2. The average molecular weight is 166 g/mol. The van der Waals surface area contributed by atoms with Crippen molar-refractivity contribution in [1.82, 2.24) is 0 Å². The van der Waals surface area contributed by atoms with Crippen molar-refractivity contribution >= 4 is 0 Å². The first-order valence-corrected chi connectivity index (χ1v) is 3.75. The zero-order chi connectivity index (χ0) is 8.81. The second kappa shape index (κ2) is 4.62. The molecule has 0 aliphatic rings. The Kier molecular flexibility index (Phi) is 3.41. The van der Waals surface area contributed by atoms with Gasteiger partial charge in [-0.05, 0) is 12.1 Å². The van der Waals surface area contributed by atoms with Crippen LogP contribution >= 0.6 is 0 Å². The van der Waals surface area contributed by atoms with Crippen LogP contribution in [0.15, 0.2) is 18.2 Å². The van der Waals surface area contributed by atoms with Gasteiger partial charge in [-0.25, -0.2) is 0 Å². The van der Waals surface area contributed by atoms with E-state index < -0.39 is 0 Å². The maximum Gasteiger partial charge on any atom is 0.131 e. The number of benzene rings is 1. The van der Waals surface area contributed by atoms with Gasteiger partial charge in [-0.3, -0.25) is 0 Å². The number of methoxy groups -OCH3 is 1. The molecule has 1 radical (unpaired) electrons. The lowest BCUT2D eigenvalue weighted by Gasteiger charge is -2.04. The van der Waals surface area contributed by atoms with Crippen molar-refractivity contribution in [2.45, 2.75) is 0 Å². The van der Waals surface area contributed by atoms with Gasteiger partial charge in [0, 0.05) is 18.7 Å². The summed E-state index contributed by atoms with van der Waals surface area (Å²) in [5, 5.41) is 0. The third kappa shape index (κ3) is 2.43. The van der Waals surface area contributed by atoms with Crippen molar-refractivity contribution in [3.63, 3.8) is 0 Å². The quantitative estimate of drug-likeness (QED) is 0.720. The predicted molar refractivity (Wildman–Crippen MR) is 46.4 cm³/mol. The molecule has 3 heteroatoms. The Labute approximate surface area is 72.1 Å². The molecule has 0 aliphatic heterocycles. The summed E-state index contributed by atoms with van der Waals surface area (Å²) in [7, 11) is 1.61. The first-order valence-electron chi connectivity index (χ1n) is 3.75. The normalized spacial score (nSPS) is 9.50. The molecular weight excluding hydrogens is 154 g/mol. The minimum absolute atomic E-state index is 0.504. The van der Waals surface area contributed by atoms with E-state index >= 15 is 0 Å². The minimum Gasteiger partial charge on any atom is -0.497 e. The molecule has 12 heavy (non-hydrogen) atoms. The van der Waals surface area contributed by atoms with Gasteiger partial charge in [0.25, 0.3) is 0 Å². The zero-order valence-electron chi connectivity index (χ0n) is 7.04. The number of hydrogen-bond donors (Lipinski definition) is 1. The molecule has 0 atom stereocenters. The highest BCUT2D eigenvalue weighted by molar-refractivity contribution is 5.31. The van der Waals surface area contributed by atoms with Gasteiger partial charge in [-0.15, -0.1) is 0 Å². The fourth-order valence-electron chi connectivity index (χ4n) is 0.804. The predicted octanol–water partition coefficient (Wildman–Crippen LogP) is 0.833. The Morgan fingerprint density at radius 3 is 3.08 bits per heavy atom. The summed E-state index contributed by atoms with van der Waals surface area (Å²) in [6.07, 6.45) is 0. The third-order valence-corrected chi connectivity index (χ3v) is 1.36. The van der Waals surface area contributed by atoms with E-state index in [9.17, 15) is 0 Å². The molecule has 0 amide bonds. The molecule has 1 rings (SSSR count). The standard InChI is InChI=1S/C9H12NO2/c1-11-8-3-2-4-9(7-8)12-6-5-10/h2-3,7H,5-6,10H2,1H3. The van der Waals surface area contributed by atoms with Crippen LogP contribution in [0, 0.1) is 6.07 Å². The van der Waals surface area contributed by atoms with Gasteiger partial charge < -0.3 is 15.2 Å². The van der Waals surface area contributed by atoms with Gasteiger partial charge in [0.15, 0.2) is 0 Å². The Hall–Kier alpha value is -1.22. The van der Waals surface area contributed by atoms with E-state index in [4.69, 9.17) is 15.2 Å². The Balaban J connectivity index is 2.60. The van der Waals surface area contributed by atoms with Crippen LogP contribution in [0.3, 0.4) is 0 Å². The average Bonchev–Trinajstić information content (AvgIpc) is 2.15. The first-order chi connectivity index (χ1) is 5.86. The summed E-state index contributed by atoms with van der Waals surface area (Å²) in [5.41, 5.74) is 5.28. The smallest absolute Gasteiger partial charge is 0.131 e. The lowest BCUT2D eigenvalue weighted by Crippen LogP contribution is -2.10. The Bertz CT molecular complexity index is 238.